The molecule has 2 heteroatoms. The summed E-state index contributed by atoms with van der Waals surface area (Å²) in [4.78, 5) is 12.0. The van der Waals surface area contributed by atoms with Gasteiger partial charge in [-0.05, 0) is 36.8 Å². The number of ketones is 1. The van der Waals surface area contributed by atoms with E-state index in [4.69, 9.17) is 5.11 Å². The van der Waals surface area contributed by atoms with Crippen LogP contribution in [-0.4, -0.2) is 17.5 Å². The predicted molar refractivity (Wildman–Crippen MR) is 68.5 cm³/mol. The lowest BCUT2D eigenvalue weighted by Crippen LogP contribution is -2.33. The molecule has 0 aromatic carbocycles. The third-order valence-corrected chi connectivity index (χ3v) is 4.39. The van der Waals surface area contributed by atoms with Crippen LogP contribution in [-0.2, 0) is 4.79 Å². The Labute approximate surface area is 103 Å². The molecule has 2 rings (SSSR count). The van der Waals surface area contributed by atoms with E-state index < -0.39 is 0 Å². The zero-order valence-electron chi connectivity index (χ0n) is 10.6. The van der Waals surface area contributed by atoms with E-state index in [0.29, 0.717) is 17.1 Å². The molecule has 2 aliphatic rings. The van der Waals surface area contributed by atoms with Crippen LogP contribution in [0.1, 0.15) is 33.1 Å². The first kappa shape index (κ1) is 12.3. The highest BCUT2D eigenvalue weighted by Gasteiger charge is 2.39. The topological polar surface area (TPSA) is 37.3 Å². The van der Waals surface area contributed by atoms with Gasteiger partial charge in [-0.15, -0.1) is 0 Å². The van der Waals surface area contributed by atoms with Crippen LogP contribution in [0.5, 0.6) is 0 Å². The summed E-state index contributed by atoms with van der Waals surface area (Å²) in [7, 11) is 0. The van der Waals surface area contributed by atoms with Crippen molar-refractivity contribution < 1.29 is 9.90 Å². The Kier molecular flexibility index (Phi) is 3.09. The zero-order chi connectivity index (χ0) is 12.6. The van der Waals surface area contributed by atoms with Gasteiger partial charge in [0.15, 0.2) is 5.78 Å². The molecule has 0 saturated heterocycles. The maximum Gasteiger partial charge on any atom is 0.185 e. The molecular weight excluding hydrogens is 212 g/mol. The first-order valence-electron chi connectivity index (χ1n) is 6.26. The summed E-state index contributed by atoms with van der Waals surface area (Å²) in [6.07, 6.45) is 7.18. The first-order valence-corrected chi connectivity index (χ1v) is 6.26. The second-order valence-corrected chi connectivity index (χ2v) is 5.43. The van der Waals surface area contributed by atoms with Crippen molar-refractivity contribution in [2.45, 2.75) is 33.1 Å². The number of carbonyl (C=O) groups excluding carboxylic acids is 1. The van der Waals surface area contributed by atoms with Crippen LogP contribution in [0.25, 0.3) is 0 Å². The van der Waals surface area contributed by atoms with Crippen LogP contribution in [0, 0.1) is 11.3 Å². The Balaban J connectivity index is 2.44. The van der Waals surface area contributed by atoms with Gasteiger partial charge >= 0.3 is 0 Å². The molecule has 0 bridgehead atoms. The molecule has 1 fully saturated rings. The predicted octanol–water partition coefficient (Wildman–Crippen LogP) is 2.80. The standard InChI is InChI=1S/C15H20O2/c1-10(9-16)13-8-15(3)11(2)5-4-6-12(15)7-14(13)17/h7-8,11,16H,1,4-6,9H2,2-3H3. The van der Waals surface area contributed by atoms with Gasteiger partial charge in [0.25, 0.3) is 0 Å². The number of fused-ring (bicyclic) bond motifs is 1. The Morgan fingerprint density at radius 3 is 3.00 bits per heavy atom. The molecule has 0 amide bonds. The highest BCUT2D eigenvalue weighted by atomic mass is 16.3. The van der Waals surface area contributed by atoms with Gasteiger partial charge in [0, 0.05) is 11.0 Å². The van der Waals surface area contributed by atoms with Crippen LogP contribution in [0.4, 0.5) is 0 Å². The minimum absolute atomic E-state index is 0.00521. The quantitative estimate of drug-likeness (QED) is 0.795. The number of hydrogen-bond donors (Lipinski definition) is 1. The van der Waals surface area contributed by atoms with Crippen LogP contribution in [0.2, 0.25) is 0 Å². The van der Waals surface area contributed by atoms with Gasteiger partial charge in [-0.1, -0.05) is 32.1 Å². The summed E-state index contributed by atoms with van der Waals surface area (Å²) in [5, 5.41) is 9.14. The summed E-state index contributed by atoms with van der Waals surface area (Å²) in [5.41, 5.74) is 2.35. The van der Waals surface area contributed by atoms with Crippen molar-refractivity contribution in [2.75, 3.05) is 6.61 Å². The number of hydrogen-bond acceptors (Lipinski definition) is 2. The fourth-order valence-electron chi connectivity index (χ4n) is 2.92. The molecule has 0 aromatic heterocycles. The molecule has 2 aliphatic carbocycles. The highest BCUT2D eigenvalue weighted by Crippen LogP contribution is 2.48. The van der Waals surface area contributed by atoms with Crippen LogP contribution >= 0.6 is 0 Å². The monoisotopic (exact) mass is 232 g/mol. The lowest BCUT2D eigenvalue weighted by molar-refractivity contribution is -0.111. The van der Waals surface area contributed by atoms with Crippen LogP contribution < -0.4 is 0 Å². The van der Waals surface area contributed by atoms with Gasteiger partial charge in [0.2, 0.25) is 0 Å². The van der Waals surface area contributed by atoms with Crippen molar-refractivity contribution in [2.24, 2.45) is 11.3 Å². The first-order chi connectivity index (χ1) is 7.99. The third kappa shape index (κ3) is 1.91. The van der Waals surface area contributed by atoms with Crippen LogP contribution in [0.3, 0.4) is 0 Å². The minimum atomic E-state index is -0.148. The van der Waals surface area contributed by atoms with E-state index in [1.165, 1.54) is 18.4 Å². The van der Waals surface area contributed by atoms with Crippen molar-refractivity contribution >= 4 is 5.78 Å². The largest absolute Gasteiger partial charge is 0.392 e. The summed E-state index contributed by atoms with van der Waals surface area (Å²) in [5.74, 6) is 0.544. The molecule has 2 atom stereocenters. The molecule has 0 spiro atoms. The van der Waals surface area contributed by atoms with E-state index in [1.54, 1.807) is 6.08 Å². The molecule has 1 saturated carbocycles. The smallest absolute Gasteiger partial charge is 0.185 e. The second-order valence-electron chi connectivity index (χ2n) is 5.43. The second kappa shape index (κ2) is 4.26. The van der Waals surface area contributed by atoms with Gasteiger partial charge in [0.1, 0.15) is 0 Å². The Morgan fingerprint density at radius 2 is 2.35 bits per heavy atom. The number of aliphatic hydroxyl groups excluding tert-OH is 1. The van der Waals surface area contributed by atoms with E-state index in [-0.39, 0.29) is 17.8 Å². The number of aliphatic hydroxyl groups is 1. The zero-order valence-corrected chi connectivity index (χ0v) is 10.6. The lowest BCUT2D eigenvalue weighted by atomic mass is 9.62. The van der Waals surface area contributed by atoms with Crippen molar-refractivity contribution in [3.63, 3.8) is 0 Å². The third-order valence-electron chi connectivity index (χ3n) is 4.39. The highest BCUT2D eigenvalue weighted by molar-refractivity contribution is 6.09. The van der Waals surface area contributed by atoms with E-state index in [9.17, 15) is 4.79 Å². The number of rotatable bonds is 2. The lowest BCUT2D eigenvalue weighted by Gasteiger charge is -2.42. The van der Waals surface area contributed by atoms with Crippen molar-refractivity contribution in [3.8, 4) is 0 Å². The van der Waals surface area contributed by atoms with E-state index in [1.807, 2.05) is 6.08 Å². The molecular formula is C15H20O2. The van der Waals surface area contributed by atoms with Crippen molar-refractivity contribution in [1.82, 2.24) is 0 Å². The van der Waals surface area contributed by atoms with Crippen molar-refractivity contribution in [3.05, 3.63) is 35.5 Å². The van der Waals surface area contributed by atoms with Gasteiger partial charge in [-0.3, -0.25) is 4.79 Å². The average Bonchev–Trinajstić information content (AvgIpc) is 2.31. The maximum absolute atomic E-state index is 12.0. The summed E-state index contributed by atoms with van der Waals surface area (Å²) < 4.78 is 0. The summed E-state index contributed by atoms with van der Waals surface area (Å²) >= 11 is 0. The number of carbonyl (C=O) groups is 1. The molecule has 0 heterocycles. The maximum atomic E-state index is 12.0. The molecule has 2 unspecified atom stereocenters. The summed E-state index contributed by atoms with van der Waals surface area (Å²) in [6, 6.07) is 0. The Morgan fingerprint density at radius 1 is 1.65 bits per heavy atom. The molecule has 0 aliphatic heterocycles. The molecule has 17 heavy (non-hydrogen) atoms. The van der Waals surface area contributed by atoms with Gasteiger partial charge in [-0.25, -0.2) is 0 Å². The molecule has 0 radical (unpaired) electrons. The van der Waals surface area contributed by atoms with Crippen LogP contribution in [0.15, 0.2) is 35.5 Å². The van der Waals surface area contributed by atoms with Gasteiger partial charge < -0.3 is 5.11 Å². The van der Waals surface area contributed by atoms with E-state index in [0.717, 1.165) is 6.42 Å². The fourth-order valence-corrected chi connectivity index (χ4v) is 2.92. The van der Waals surface area contributed by atoms with E-state index in [2.05, 4.69) is 20.4 Å². The Hall–Kier alpha value is -1.15. The fraction of sp³-hybridized carbons (Fsp3) is 0.533. The molecule has 1 N–H and O–H groups in total. The number of allylic oxidation sites excluding steroid dienone is 3. The van der Waals surface area contributed by atoms with Gasteiger partial charge in [0.05, 0.1) is 6.61 Å². The normalized spacial score (nSPS) is 32.6. The molecule has 92 valence electrons. The van der Waals surface area contributed by atoms with Crippen molar-refractivity contribution in [1.29, 1.82) is 0 Å². The van der Waals surface area contributed by atoms with E-state index >= 15 is 0 Å². The molecule has 2 nitrogen and oxygen atoms in total. The SMILES string of the molecule is C=C(CO)C1=CC2(C)C(=CC1=O)CCCC2C. The minimum Gasteiger partial charge on any atom is -0.392 e. The average molecular weight is 232 g/mol. The molecule has 0 aromatic rings. The summed E-state index contributed by atoms with van der Waals surface area (Å²) in [6.45, 7) is 8.05. The van der Waals surface area contributed by atoms with Gasteiger partial charge in [-0.2, -0.15) is 0 Å². The Bertz CT molecular complexity index is 428.